The molecule has 1 aliphatic rings. The van der Waals surface area contributed by atoms with Gasteiger partial charge < -0.3 is 11.1 Å². The molecular formula is C15H22N2S. The first-order valence-electron chi connectivity index (χ1n) is 6.64. The minimum atomic E-state index is 0.365. The predicted molar refractivity (Wildman–Crippen MR) is 81.2 cm³/mol. The molecule has 1 aliphatic carbocycles. The molecule has 2 rings (SSSR count). The molecular weight excluding hydrogens is 240 g/mol. The third kappa shape index (κ3) is 3.79. The molecule has 98 valence electrons. The first-order valence-corrected chi connectivity index (χ1v) is 7.63. The van der Waals surface area contributed by atoms with Gasteiger partial charge in [0.25, 0.3) is 0 Å². The monoisotopic (exact) mass is 262 g/mol. The Labute approximate surface area is 114 Å². The van der Waals surface area contributed by atoms with E-state index in [0.717, 1.165) is 12.2 Å². The molecule has 1 aromatic rings. The highest BCUT2D eigenvalue weighted by Gasteiger charge is 2.19. The van der Waals surface area contributed by atoms with E-state index in [4.69, 9.17) is 5.73 Å². The van der Waals surface area contributed by atoms with Crippen molar-refractivity contribution in [3.8, 4) is 0 Å². The van der Waals surface area contributed by atoms with E-state index in [-0.39, 0.29) is 0 Å². The van der Waals surface area contributed by atoms with Crippen LogP contribution >= 0.6 is 11.8 Å². The summed E-state index contributed by atoms with van der Waals surface area (Å²) in [6, 6.07) is 9.39. The van der Waals surface area contributed by atoms with Gasteiger partial charge in [0, 0.05) is 28.4 Å². The first-order chi connectivity index (χ1) is 8.79. The van der Waals surface area contributed by atoms with Gasteiger partial charge >= 0.3 is 0 Å². The summed E-state index contributed by atoms with van der Waals surface area (Å²) in [5, 5.41) is 3.65. The molecule has 0 aromatic heterocycles. The van der Waals surface area contributed by atoms with Gasteiger partial charge in [0.15, 0.2) is 0 Å². The van der Waals surface area contributed by atoms with Gasteiger partial charge in [-0.15, -0.1) is 18.3 Å². The van der Waals surface area contributed by atoms with Gasteiger partial charge in [0.05, 0.1) is 0 Å². The number of benzene rings is 1. The summed E-state index contributed by atoms with van der Waals surface area (Å²) in [6.07, 6.45) is 6.67. The van der Waals surface area contributed by atoms with Crippen LogP contribution in [0.4, 0.5) is 5.69 Å². The standard InChI is InChI=1S/C15H22N2S/c1-2-10-18-15-9-4-3-8-14(15)17-13-7-5-6-12(16)11-13/h2-4,8-9,12-13,17H,1,5-7,10-11,16H2. The molecule has 1 aromatic carbocycles. The maximum absolute atomic E-state index is 6.04. The van der Waals surface area contributed by atoms with Crippen LogP contribution in [0.5, 0.6) is 0 Å². The zero-order valence-electron chi connectivity index (χ0n) is 10.8. The Kier molecular flexibility index (Phi) is 5.14. The Morgan fingerprint density at radius 3 is 3.00 bits per heavy atom. The molecule has 0 bridgehead atoms. The molecule has 0 aliphatic heterocycles. The molecule has 1 fully saturated rings. The van der Waals surface area contributed by atoms with Gasteiger partial charge in [0.2, 0.25) is 0 Å². The molecule has 0 radical (unpaired) electrons. The van der Waals surface area contributed by atoms with Gasteiger partial charge in [-0.25, -0.2) is 0 Å². The second-order valence-corrected chi connectivity index (χ2v) is 5.93. The molecule has 0 amide bonds. The third-order valence-corrected chi connectivity index (χ3v) is 4.39. The fraction of sp³-hybridized carbons (Fsp3) is 0.467. The Morgan fingerprint density at radius 1 is 1.39 bits per heavy atom. The van der Waals surface area contributed by atoms with E-state index < -0.39 is 0 Å². The second-order valence-electron chi connectivity index (χ2n) is 4.86. The van der Waals surface area contributed by atoms with Crippen molar-refractivity contribution in [2.24, 2.45) is 5.73 Å². The van der Waals surface area contributed by atoms with E-state index in [0.29, 0.717) is 12.1 Å². The average Bonchev–Trinajstić information content (AvgIpc) is 2.38. The summed E-state index contributed by atoms with van der Waals surface area (Å²) >= 11 is 1.82. The summed E-state index contributed by atoms with van der Waals surface area (Å²) in [4.78, 5) is 1.30. The summed E-state index contributed by atoms with van der Waals surface area (Å²) in [5.74, 6) is 0.947. The highest BCUT2D eigenvalue weighted by molar-refractivity contribution is 7.99. The van der Waals surface area contributed by atoms with Crippen molar-refractivity contribution in [1.29, 1.82) is 0 Å². The number of hydrogen-bond acceptors (Lipinski definition) is 3. The van der Waals surface area contributed by atoms with Gasteiger partial charge in [-0.05, 0) is 37.8 Å². The highest BCUT2D eigenvalue weighted by Crippen LogP contribution is 2.29. The molecule has 0 heterocycles. The quantitative estimate of drug-likeness (QED) is 0.628. The van der Waals surface area contributed by atoms with E-state index in [2.05, 4.69) is 36.2 Å². The number of rotatable bonds is 5. The number of nitrogens with two attached hydrogens (primary N) is 1. The van der Waals surface area contributed by atoms with Crippen molar-refractivity contribution in [3.05, 3.63) is 36.9 Å². The maximum atomic E-state index is 6.04. The largest absolute Gasteiger partial charge is 0.381 e. The number of hydrogen-bond donors (Lipinski definition) is 2. The topological polar surface area (TPSA) is 38.0 Å². The minimum absolute atomic E-state index is 0.365. The van der Waals surface area contributed by atoms with Crippen LogP contribution in [0.3, 0.4) is 0 Å². The highest BCUT2D eigenvalue weighted by atomic mass is 32.2. The second kappa shape index (κ2) is 6.86. The molecule has 0 saturated heterocycles. The Morgan fingerprint density at radius 2 is 2.22 bits per heavy atom. The lowest BCUT2D eigenvalue weighted by atomic mass is 9.91. The lowest BCUT2D eigenvalue weighted by molar-refractivity contribution is 0.409. The Hall–Kier alpha value is -0.930. The summed E-state index contributed by atoms with van der Waals surface area (Å²) < 4.78 is 0. The van der Waals surface area contributed by atoms with Crippen molar-refractivity contribution in [2.75, 3.05) is 11.1 Å². The molecule has 1 saturated carbocycles. The Bertz CT molecular complexity index is 392. The lowest BCUT2D eigenvalue weighted by Gasteiger charge is -2.28. The van der Waals surface area contributed by atoms with Crippen LogP contribution in [0.15, 0.2) is 41.8 Å². The van der Waals surface area contributed by atoms with Crippen LogP contribution < -0.4 is 11.1 Å². The van der Waals surface area contributed by atoms with Crippen LogP contribution in [0.1, 0.15) is 25.7 Å². The first kappa shape index (κ1) is 13.5. The van der Waals surface area contributed by atoms with Gasteiger partial charge in [-0.2, -0.15) is 0 Å². The molecule has 3 N–H and O–H groups in total. The fourth-order valence-electron chi connectivity index (χ4n) is 2.44. The van der Waals surface area contributed by atoms with Crippen molar-refractivity contribution in [3.63, 3.8) is 0 Å². The van der Waals surface area contributed by atoms with E-state index in [1.54, 1.807) is 0 Å². The average molecular weight is 262 g/mol. The van der Waals surface area contributed by atoms with Crippen LogP contribution in [0, 0.1) is 0 Å². The van der Waals surface area contributed by atoms with E-state index in [1.807, 2.05) is 17.8 Å². The SMILES string of the molecule is C=CCSc1ccccc1NC1CCCC(N)C1. The smallest absolute Gasteiger partial charge is 0.0480 e. The maximum Gasteiger partial charge on any atom is 0.0480 e. The third-order valence-electron chi connectivity index (χ3n) is 3.32. The van der Waals surface area contributed by atoms with Crippen LogP contribution in [0.25, 0.3) is 0 Å². The Balaban J connectivity index is 2.01. The van der Waals surface area contributed by atoms with Crippen molar-refractivity contribution in [2.45, 2.75) is 42.7 Å². The molecule has 0 spiro atoms. The summed E-state index contributed by atoms with van der Waals surface area (Å²) in [5.41, 5.74) is 7.28. The van der Waals surface area contributed by atoms with Crippen molar-refractivity contribution < 1.29 is 0 Å². The summed E-state index contributed by atoms with van der Waals surface area (Å²) in [6.45, 7) is 3.77. The molecule has 2 unspecified atom stereocenters. The number of nitrogens with one attached hydrogen (secondary N) is 1. The molecule has 2 atom stereocenters. The zero-order chi connectivity index (χ0) is 12.8. The number of para-hydroxylation sites is 1. The molecule has 18 heavy (non-hydrogen) atoms. The van der Waals surface area contributed by atoms with Crippen molar-refractivity contribution in [1.82, 2.24) is 0 Å². The lowest BCUT2D eigenvalue weighted by Crippen LogP contribution is -2.34. The van der Waals surface area contributed by atoms with E-state index in [9.17, 15) is 0 Å². The van der Waals surface area contributed by atoms with E-state index in [1.165, 1.54) is 29.8 Å². The zero-order valence-corrected chi connectivity index (χ0v) is 11.6. The fourth-order valence-corrected chi connectivity index (χ4v) is 3.19. The van der Waals surface area contributed by atoms with Crippen LogP contribution in [-0.2, 0) is 0 Å². The van der Waals surface area contributed by atoms with Gasteiger partial charge in [0.1, 0.15) is 0 Å². The van der Waals surface area contributed by atoms with Crippen LogP contribution in [-0.4, -0.2) is 17.8 Å². The summed E-state index contributed by atoms with van der Waals surface area (Å²) in [7, 11) is 0. The predicted octanol–water partition coefficient (Wildman–Crippen LogP) is 3.65. The number of anilines is 1. The molecule has 2 nitrogen and oxygen atoms in total. The van der Waals surface area contributed by atoms with Gasteiger partial charge in [-0.1, -0.05) is 18.2 Å². The van der Waals surface area contributed by atoms with Crippen LogP contribution in [0.2, 0.25) is 0 Å². The van der Waals surface area contributed by atoms with Crippen molar-refractivity contribution >= 4 is 17.4 Å². The minimum Gasteiger partial charge on any atom is -0.381 e. The molecule has 3 heteroatoms. The van der Waals surface area contributed by atoms with E-state index >= 15 is 0 Å². The number of thioether (sulfide) groups is 1. The van der Waals surface area contributed by atoms with Gasteiger partial charge in [-0.3, -0.25) is 0 Å². The normalized spacial score (nSPS) is 23.6.